The first-order chi connectivity index (χ1) is 10.1. The molecule has 1 fully saturated rings. The van der Waals surface area contributed by atoms with Crippen LogP contribution in [0.5, 0.6) is 0 Å². The molecule has 1 atom stereocenters. The molecule has 1 unspecified atom stereocenters. The second kappa shape index (κ2) is 7.66. The quantitative estimate of drug-likeness (QED) is 0.907. The Morgan fingerprint density at radius 3 is 2.43 bits per heavy atom. The highest BCUT2D eigenvalue weighted by Gasteiger charge is 2.25. The van der Waals surface area contributed by atoms with Gasteiger partial charge in [-0.25, -0.2) is 0 Å². The summed E-state index contributed by atoms with van der Waals surface area (Å²) in [5, 5.41) is 3.73. The molecule has 0 aliphatic carbocycles. The van der Waals surface area contributed by atoms with Crippen molar-refractivity contribution in [3.8, 4) is 0 Å². The average Bonchev–Trinajstić information content (AvgIpc) is 2.53. The molecule has 0 radical (unpaired) electrons. The molecular formula is C16H24ClN3O. The lowest BCUT2D eigenvalue weighted by Gasteiger charge is -2.38. The third-order valence-corrected chi connectivity index (χ3v) is 4.23. The Hall–Kier alpha value is -1.26. The molecule has 1 amide bonds. The molecule has 0 bridgehead atoms. The molecule has 0 spiro atoms. The standard InChI is InChI=1S/C16H24ClN3O/c1-3-8-18-16(21)13(2)19-9-11-20(12-10-19)15-6-4-14(17)5-7-15/h4-7,13H,3,8-12H2,1-2H3,(H,18,21). The van der Waals surface area contributed by atoms with E-state index in [1.807, 2.05) is 19.1 Å². The van der Waals surface area contributed by atoms with Crippen LogP contribution in [0.25, 0.3) is 0 Å². The van der Waals surface area contributed by atoms with Crippen molar-refractivity contribution >= 4 is 23.2 Å². The van der Waals surface area contributed by atoms with E-state index in [2.05, 4.69) is 34.2 Å². The summed E-state index contributed by atoms with van der Waals surface area (Å²) in [6, 6.07) is 7.89. The number of benzene rings is 1. The SMILES string of the molecule is CCCNC(=O)C(C)N1CCN(c2ccc(Cl)cc2)CC1. The van der Waals surface area contributed by atoms with Gasteiger partial charge in [0.2, 0.25) is 5.91 Å². The summed E-state index contributed by atoms with van der Waals surface area (Å²) in [5.41, 5.74) is 1.20. The van der Waals surface area contributed by atoms with Gasteiger partial charge in [0, 0.05) is 43.4 Å². The fourth-order valence-corrected chi connectivity index (χ4v) is 2.71. The number of hydrogen-bond donors (Lipinski definition) is 1. The Labute approximate surface area is 132 Å². The van der Waals surface area contributed by atoms with Gasteiger partial charge < -0.3 is 10.2 Å². The highest BCUT2D eigenvalue weighted by Crippen LogP contribution is 2.20. The van der Waals surface area contributed by atoms with E-state index in [-0.39, 0.29) is 11.9 Å². The van der Waals surface area contributed by atoms with Gasteiger partial charge in [-0.05, 0) is 37.6 Å². The van der Waals surface area contributed by atoms with Crippen LogP contribution in [0.15, 0.2) is 24.3 Å². The second-order valence-corrected chi connectivity index (χ2v) is 5.90. The van der Waals surface area contributed by atoms with Crippen molar-refractivity contribution in [2.45, 2.75) is 26.3 Å². The molecule has 1 heterocycles. The van der Waals surface area contributed by atoms with Gasteiger partial charge >= 0.3 is 0 Å². The minimum absolute atomic E-state index is 0.0519. The summed E-state index contributed by atoms with van der Waals surface area (Å²) >= 11 is 5.92. The summed E-state index contributed by atoms with van der Waals surface area (Å²) < 4.78 is 0. The van der Waals surface area contributed by atoms with E-state index in [9.17, 15) is 4.79 Å². The van der Waals surface area contributed by atoms with Crippen molar-refractivity contribution in [3.63, 3.8) is 0 Å². The highest BCUT2D eigenvalue weighted by atomic mass is 35.5. The summed E-state index contributed by atoms with van der Waals surface area (Å²) in [6.07, 6.45) is 0.975. The largest absolute Gasteiger partial charge is 0.369 e. The molecule has 4 nitrogen and oxygen atoms in total. The lowest BCUT2D eigenvalue weighted by Crippen LogP contribution is -2.54. The average molecular weight is 310 g/mol. The smallest absolute Gasteiger partial charge is 0.237 e. The van der Waals surface area contributed by atoms with E-state index in [0.29, 0.717) is 0 Å². The molecule has 0 saturated carbocycles. The zero-order chi connectivity index (χ0) is 15.2. The van der Waals surface area contributed by atoms with Crippen molar-refractivity contribution in [2.75, 3.05) is 37.6 Å². The lowest BCUT2D eigenvalue weighted by atomic mass is 10.2. The maximum Gasteiger partial charge on any atom is 0.237 e. The van der Waals surface area contributed by atoms with Crippen molar-refractivity contribution < 1.29 is 4.79 Å². The fraction of sp³-hybridized carbons (Fsp3) is 0.562. The lowest BCUT2D eigenvalue weighted by molar-refractivity contribution is -0.126. The predicted octanol–water partition coefficient (Wildman–Crippen LogP) is 2.38. The number of carbonyl (C=O) groups is 1. The first kappa shape index (κ1) is 16.1. The summed E-state index contributed by atoms with van der Waals surface area (Å²) in [7, 11) is 0. The van der Waals surface area contributed by atoms with Crippen LogP contribution in [0.3, 0.4) is 0 Å². The van der Waals surface area contributed by atoms with Gasteiger partial charge in [0.1, 0.15) is 0 Å². The van der Waals surface area contributed by atoms with Gasteiger partial charge in [-0.2, -0.15) is 0 Å². The van der Waals surface area contributed by atoms with Crippen molar-refractivity contribution in [2.24, 2.45) is 0 Å². The highest BCUT2D eigenvalue weighted by molar-refractivity contribution is 6.30. The van der Waals surface area contributed by atoms with Crippen LogP contribution in [-0.4, -0.2) is 49.6 Å². The Kier molecular flexibility index (Phi) is 5.88. The molecule has 1 aromatic rings. The fourth-order valence-electron chi connectivity index (χ4n) is 2.58. The third kappa shape index (κ3) is 4.35. The number of rotatable bonds is 5. The minimum Gasteiger partial charge on any atom is -0.369 e. The summed E-state index contributed by atoms with van der Waals surface area (Å²) in [6.45, 7) is 8.50. The Morgan fingerprint density at radius 1 is 1.24 bits per heavy atom. The number of amides is 1. The zero-order valence-corrected chi connectivity index (χ0v) is 13.6. The van der Waals surface area contributed by atoms with Gasteiger partial charge in [-0.1, -0.05) is 18.5 Å². The molecule has 5 heteroatoms. The molecule has 1 saturated heterocycles. The van der Waals surface area contributed by atoms with E-state index >= 15 is 0 Å². The summed E-state index contributed by atoms with van der Waals surface area (Å²) in [4.78, 5) is 16.6. The number of piperazine rings is 1. The monoisotopic (exact) mass is 309 g/mol. The Bertz CT molecular complexity index is 455. The van der Waals surface area contributed by atoms with Gasteiger partial charge in [0.25, 0.3) is 0 Å². The predicted molar refractivity (Wildman–Crippen MR) is 88.0 cm³/mol. The van der Waals surface area contributed by atoms with Crippen molar-refractivity contribution in [3.05, 3.63) is 29.3 Å². The third-order valence-electron chi connectivity index (χ3n) is 3.98. The molecule has 21 heavy (non-hydrogen) atoms. The molecular weight excluding hydrogens is 286 g/mol. The molecule has 1 N–H and O–H groups in total. The number of nitrogens with zero attached hydrogens (tertiary/aromatic N) is 2. The number of hydrogen-bond acceptors (Lipinski definition) is 3. The number of carbonyl (C=O) groups excluding carboxylic acids is 1. The van der Waals surface area contributed by atoms with Gasteiger partial charge in [-0.3, -0.25) is 9.69 Å². The van der Waals surface area contributed by atoms with Crippen LogP contribution < -0.4 is 10.2 Å². The first-order valence-electron chi connectivity index (χ1n) is 7.64. The van der Waals surface area contributed by atoms with Gasteiger partial charge in [0.15, 0.2) is 0 Å². The van der Waals surface area contributed by atoms with Gasteiger partial charge in [-0.15, -0.1) is 0 Å². The zero-order valence-electron chi connectivity index (χ0n) is 12.8. The van der Waals surface area contributed by atoms with Crippen LogP contribution in [0.2, 0.25) is 5.02 Å². The minimum atomic E-state index is -0.0519. The van der Waals surface area contributed by atoms with Crippen LogP contribution in [0, 0.1) is 0 Å². The molecule has 116 valence electrons. The topological polar surface area (TPSA) is 35.6 Å². The molecule has 2 rings (SSSR count). The van der Waals surface area contributed by atoms with E-state index in [1.165, 1.54) is 5.69 Å². The van der Waals surface area contributed by atoms with Crippen LogP contribution >= 0.6 is 11.6 Å². The maximum atomic E-state index is 12.0. The van der Waals surface area contributed by atoms with Crippen LogP contribution in [0.4, 0.5) is 5.69 Å². The first-order valence-corrected chi connectivity index (χ1v) is 8.02. The van der Waals surface area contributed by atoms with Crippen molar-refractivity contribution in [1.29, 1.82) is 0 Å². The number of anilines is 1. The van der Waals surface area contributed by atoms with E-state index in [0.717, 1.165) is 44.2 Å². The van der Waals surface area contributed by atoms with Gasteiger partial charge in [0.05, 0.1) is 6.04 Å². The normalized spacial score (nSPS) is 17.6. The summed E-state index contributed by atoms with van der Waals surface area (Å²) in [5.74, 6) is 0.136. The number of halogens is 1. The van der Waals surface area contributed by atoms with Crippen LogP contribution in [-0.2, 0) is 4.79 Å². The molecule has 1 aliphatic rings. The molecule has 1 aromatic carbocycles. The van der Waals surface area contributed by atoms with E-state index < -0.39 is 0 Å². The Morgan fingerprint density at radius 2 is 1.86 bits per heavy atom. The van der Waals surface area contributed by atoms with Crippen LogP contribution in [0.1, 0.15) is 20.3 Å². The van der Waals surface area contributed by atoms with E-state index in [4.69, 9.17) is 11.6 Å². The second-order valence-electron chi connectivity index (χ2n) is 5.47. The Balaban J connectivity index is 1.85. The number of nitrogens with one attached hydrogen (secondary N) is 1. The van der Waals surface area contributed by atoms with E-state index in [1.54, 1.807) is 0 Å². The molecule has 1 aliphatic heterocycles. The maximum absolute atomic E-state index is 12.0. The molecule has 0 aromatic heterocycles. The van der Waals surface area contributed by atoms with Crippen molar-refractivity contribution in [1.82, 2.24) is 10.2 Å².